The van der Waals surface area contributed by atoms with Gasteiger partial charge in [-0.25, -0.2) is 4.79 Å². The third kappa shape index (κ3) is 1.72. The lowest BCUT2D eigenvalue weighted by Gasteiger charge is -2.27. The molecule has 0 N–H and O–H groups in total. The minimum Gasteiger partial charge on any atom is -0.444 e. The van der Waals surface area contributed by atoms with Crippen LogP contribution in [-0.4, -0.2) is 28.7 Å². The largest absolute Gasteiger partial charge is 0.444 e. The van der Waals surface area contributed by atoms with E-state index in [0.717, 1.165) is 0 Å². The summed E-state index contributed by atoms with van der Waals surface area (Å²) in [6, 6.07) is 0.935. The van der Waals surface area contributed by atoms with E-state index in [0.29, 0.717) is 12.1 Å². The molecular weight excluding hydrogens is 178 g/mol. The molecule has 3 heteroatoms. The van der Waals surface area contributed by atoms with Crippen molar-refractivity contribution in [1.29, 1.82) is 0 Å². The summed E-state index contributed by atoms with van der Waals surface area (Å²) in [5, 5.41) is 0. The maximum atomic E-state index is 11.8. The molecule has 3 nitrogen and oxygen atoms in total. The fourth-order valence-corrected chi connectivity index (χ4v) is 2.53. The molecule has 1 amide bonds. The zero-order valence-corrected chi connectivity index (χ0v) is 9.25. The first kappa shape index (κ1) is 9.81. The molecule has 80 valence electrons. The molecule has 2 rings (SSSR count). The van der Waals surface area contributed by atoms with Gasteiger partial charge in [-0.3, -0.25) is 0 Å². The predicted octanol–water partition coefficient (Wildman–Crippen LogP) is 2.55. The maximum Gasteiger partial charge on any atom is 0.410 e. The molecule has 0 atom stereocenters. The van der Waals surface area contributed by atoms with Gasteiger partial charge in [-0.15, -0.1) is 0 Å². The molecule has 0 unspecified atom stereocenters. The Balaban J connectivity index is 1.99. The average Bonchev–Trinajstić information content (AvgIpc) is 2.57. The van der Waals surface area contributed by atoms with E-state index in [-0.39, 0.29) is 11.7 Å². The molecule has 0 aliphatic carbocycles. The molecule has 14 heavy (non-hydrogen) atoms. The topological polar surface area (TPSA) is 29.5 Å². The van der Waals surface area contributed by atoms with Crippen LogP contribution in [0.3, 0.4) is 0 Å². The van der Waals surface area contributed by atoms with Crippen LogP contribution in [0.4, 0.5) is 4.79 Å². The van der Waals surface area contributed by atoms with Crippen molar-refractivity contribution < 1.29 is 9.53 Å². The Hall–Kier alpha value is -0.730. The first-order valence-electron chi connectivity index (χ1n) is 5.49. The van der Waals surface area contributed by atoms with Crippen molar-refractivity contribution in [2.75, 3.05) is 0 Å². The number of rotatable bonds is 0. The lowest BCUT2D eigenvalue weighted by Crippen LogP contribution is -2.39. The lowest BCUT2D eigenvalue weighted by atomic mass is 10.0. The molecule has 0 aromatic carbocycles. The van der Waals surface area contributed by atoms with Gasteiger partial charge in [-0.05, 0) is 46.5 Å². The van der Waals surface area contributed by atoms with E-state index in [4.69, 9.17) is 4.74 Å². The Labute approximate surface area is 85.4 Å². The molecular formula is C11H19NO2. The van der Waals surface area contributed by atoms with Gasteiger partial charge in [0.25, 0.3) is 0 Å². The monoisotopic (exact) mass is 197 g/mol. The second kappa shape index (κ2) is 3.14. The van der Waals surface area contributed by atoms with Crippen molar-refractivity contribution in [1.82, 2.24) is 4.90 Å². The van der Waals surface area contributed by atoms with Crippen molar-refractivity contribution in [3.8, 4) is 0 Å². The standard InChI is InChI=1S/C11H19NO2/c1-11(2,3)14-10(13)12-8-4-5-9(12)7-6-8/h8-9H,4-7H2,1-3H3/t8-,9+. The summed E-state index contributed by atoms with van der Waals surface area (Å²) in [6.45, 7) is 5.76. The normalized spacial score (nSPS) is 30.9. The van der Waals surface area contributed by atoms with E-state index in [9.17, 15) is 4.79 Å². The number of carbonyl (C=O) groups excluding carboxylic acids is 1. The number of hydrogen-bond donors (Lipinski definition) is 0. The summed E-state index contributed by atoms with van der Waals surface area (Å²) >= 11 is 0. The Bertz CT molecular complexity index is 224. The van der Waals surface area contributed by atoms with E-state index in [1.807, 2.05) is 25.7 Å². The van der Waals surface area contributed by atoms with Gasteiger partial charge in [0.2, 0.25) is 0 Å². The minimum absolute atomic E-state index is 0.109. The number of carbonyl (C=O) groups is 1. The summed E-state index contributed by atoms with van der Waals surface area (Å²) in [5.74, 6) is 0. The number of amides is 1. The number of fused-ring (bicyclic) bond motifs is 2. The highest BCUT2D eigenvalue weighted by atomic mass is 16.6. The van der Waals surface area contributed by atoms with E-state index in [1.54, 1.807) is 0 Å². The van der Waals surface area contributed by atoms with Gasteiger partial charge < -0.3 is 9.64 Å². The van der Waals surface area contributed by atoms with Crippen LogP contribution < -0.4 is 0 Å². The van der Waals surface area contributed by atoms with Crippen LogP contribution in [0, 0.1) is 0 Å². The van der Waals surface area contributed by atoms with Gasteiger partial charge in [0.05, 0.1) is 0 Å². The number of ether oxygens (including phenoxy) is 1. The van der Waals surface area contributed by atoms with Crippen LogP contribution in [0.15, 0.2) is 0 Å². The van der Waals surface area contributed by atoms with Crippen LogP contribution in [0.25, 0.3) is 0 Å². The average molecular weight is 197 g/mol. The number of hydrogen-bond acceptors (Lipinski definition) is 2. The van der Waals surface area contributed by atoms with Crippen LogP contribution in [0.2, 0.25) is 0 Å². The Morgan fingerprint density at radius 1 is 1.14 bits per heavy atom. The molecule has 0 aromatic rings. The molecule has 0 spiro atoms. The smallest absolute Gasteiger partial charge is 0.410 e. The van der Waals surface area contributed by atoms with Gasteiger partial charge in [0, 0.05) is 12.1 Å². The second-order valence-electron chi connectivity index (χ2n) is 5.35. The molecule has 2 heterocycles. The van der Waals surface area contributed by atoms with E-state index in [1.165, 1.54) is 25.7 Å². The molecule has 2 aliphatic heterocycles. The van der Waals surface area contributed by atoms with Crippen molar-refractivity contribution in [3.05, 3.63) is 0 Å². The zero-order chi connectivity index (χ0) is 10.3. The van der Waals surface area contributed by atoms with E-state index in [2.05, 4.69) is 0 Å². The fraction of sp³-hybridized carbons (Fsp3) is 0.909. The highest BCUT2D eigenvalue weighted by Gasteiger charge is 2.43. The van der Waals surface area contributed by atoms with Gasteiger partial charge in [0.1, 0.15) is 5.60 Å². The summed E-state index contributed by atoms with van der Waals surface area (Å²) in [5.41, 5.74) is -0.362. The SMILES string of the molecule is CC(C)(C)OC(=O)N1[C@H]2CC[C@@H]1CC2. The summed E-state index contributed by atoms with van der Waals surface area (Å²) in [7, 11) is 0. The summed E-state index contributed by atoms with van der Waals surface area (Å²) in [6.07, 6.45) is 4.57. The minimum atomic E-state index is -0.362. The lowest BCUT2D eigenvalue weighted by molar-refractivity contribution is 0.0217. The van der Waals surface area contributed by atoms with E-state index >= 15 is 0 Å². The van der Waals surface area contributed by atoms with Crippen LogP contribution in [-0.2, 0) is 4.74 Å². The molecule has 0 aromatic heterocycles. The Morgan fingerprint density at radius 3 is 1.93 bits per heavy atom. The summed E-state index contributed by atoms with van der Waals surface area (Å²) in [4.78, 5) is 13.8. The molecule has 2 saturated heterocycles. The van der Waals surface area contributed by atoms with E-state index < -0.39 is 0 Å². The first-order valence-corrected chi connectivity index (χ1v) is 5.49. The molecule has 2 aliphatic rings. The highest BCUT2D eigenvalue weighted by molar-refractivity contribution is 5.69. The zero-order valence-electron chi connectivity index (χ0n) is 9.25. The van der Waals surface area contributed by atoms with Gasteiger partial charge >= 0.3 is 6.09 Å². The van der Waals surface area contributed by atoms with Crippen molar-refractivity contribution in [2.24, 2.45) is 0 Å². The fourth-order valence-electron chi connectivity index (χ4n) is 2.53. The summed E-state index contributed by atoms with van der Waals surface area (Å²) < 4.78 is 5.39. The second-order valence-corrected chi connectivity index (χ2v) is 5.35. The third-order valence-electron chi connectivity index (χ3n) is 3.06. The Morgan fingerprint density at radius 2 is 1.57 bits per heavy atom. The molecule has 2 bridgehead atoms. The van der Waals surface area contributed by atoms with Gasteiger partial charge in [0.15, 0.2) is 0 Å². The van der Waals surface area contributed by atoms with Gasteiger partial charge in [-0.1, -0.05) is 0 Å². The molecule has 0 saturated carbocycles. The molecule has 0 radical (unpaired) electrons. The van der Waals surface area contributed by atoms with Crippen molar-refractivity contribution >= 4 is 6.09 Å². The van der Waals surface area contributed by atoms with Crippen LogP contribution in [0.1, 0.15) is 46.5 Å². The first-order chi connectivity index (χ1) is 6.47. The third-order valence-corrected chi connectivity index (χ3v) is 3.06. The maximum absolute atomic E-state index is 11.8. The van der Waals surface area contributed by atoms with Crippen molar-refractivity contribution in [3.63, 3.8) is 0 Å². The molecule has 2 fully saturated rings. The van der Waals surface area contributed by atoms with Gasteiger partial charge in [-0.2, -0.15) is 0 Å². The quantitative estimate of drug-likeness (QED) is 0.597. The number of nitrogens with zero attached hydrogens (tertiary/aromatic N) is 1. The highest BCUT2D eigenvalue weighted by Crippen LogP contribution is 2.38. The Kier molecular flexibility index (Phi) is 2.20. The van der Waals surface area contributed by atoms with Crippen LogP contribution in [0.5, 0.6) is 0 Å². The van der Waals surface area contributed by atoms with Crippen molar-refractivity contribution in [2.45, 2.75) is 64.1 Å². The van der Waals surface area contributed by atoms with Crippen LogP contribution >= 0.6 is 0 Å². The predicted molar refractivity (Wildman–Crippen MR) is 54.1 cm³/mol.